The Bertz CT molecular complexity index is 939. The minimum absolute atomic E-state index is 0.262. The molecule has 3 aromatic rings. The third-order valence-electron chi connectivity index (χ3n) is 4.94. The Balaban J connectivity index is 1.36. The molecule has 7 nitrogen and oxygen atoms in total. The van der Waals surface area contributed by atoms with Crippen molar-refractivity contribution in [1.82, 2.24) is 15.0 Å². The summed E-state index contributed by atoms with van der Waals surface area (Å²) in [5.41, 5.74) is 3.30. The molecule has 0 spiro atoms. The fourth-order valence-electron chi connectivity index (χ4n) is 3.38. The molecule has 148 valence electrons. The zero-order valence-corrected chi connectivity index (χ0v) is 16.2. The number of hydrogen-bond donors (Lipinski definition) is 2. The average Bonchev–Trinajstić information content (AvgIpc) is 2.80. The van der Waals surface area contributed by atoms with E-state index >= 15 is 0 Å². The largest absolute Gasteiger partial charge is 0.372 e. The minimum Gasteiger partial charge on any atom is -0.372 e. The van der Waals surface area contributed by atoms with Crippen LogP contribution in [0.3, 0.4) is 0 Å². The molecule has 29 heavy (non-hydrogen) atoms. The molecule has 1 fully saturated rings. The summed E-state index contributed by atoms with van der Waals surface area (Å²) in [6.07, 6.45) is 8.69. The zero-order chi connectivity index (χ0) is 19.9. The number of rotatable bonds is 6. The molecule has 2 N–H and O–H groups in total. The van der Waals surface area contributed by atoms with E-state index in [2.05, 4.69) is 42.6 Å². The molecule has 4 rings (SSSR count). The monoisotopic (exact) mass is 388 g/mol. The van der Waals surface area contributed by atoms with Crippen molar-refractivity contribution >= 4 is 23.1 Å². The van der Waals surface area contributed by atoms with Crippen LogP contribution in [0.15, 0.2) is 61.2 Å². The summed E-state index contributed by atoms with van der Waals surface area (Å²) < 4.78 is 0. The number of carbonyl (C=O) groups excluding carboxylic acids is 1. The number of anilines is 3. The standard InChI is InChI=1S/C22H24N6O/c29-22(27-18-6-8-19(9-7-18)28-11-2-1-3-12-28)20-13-21(26-16-25-20)24-15-17-5-4-10-23-14-17/h4-10,13-14,16H,1-3,11-12,15H2,(H,27,29)(H,24,25,26). The van der Waals surface area contributed by atoms with E-state index in [1.54, 1.807) is 18.5 Å². The van der Waals surface area contributed by atoms with Crippen molar-refractivity contribution < 1.29 is 4.79 Å². The Morgan fingerprint density at radius 3 is 2.62 bits per heavy atom. The van der Waals surface area contributed by atoms with Crippen LogP contribution in [0.4, 0.5) is 17.2 Å². The van der Waals surface area contributed by atoms with Gasteiger partial charge in [-0.1, -0.05) is 6.07 Å². The van der Waals surface area contributed by atoms with Gasteiger partial charge in [0, 0.05) is 49.5 Å². The summed E-state index contributed by atoms with van der Waals surface area (Å²) >= 11 is 0. The molecule has 1 amide bonds. The van der Waals surface area contributed by atoms with E-state index < -0.39 is 0 Å². The van der Waals surface area contributed by atoms with Crippen LogP contribution in [-0.2, 0) is 6.54 Å². The number of hydrogen-bond acceptors (Lipinski definition) is 6. The molecule has 0 atom stereocenters. The van der Waals surface area contributed by atoms with Gasteiger partial charge < -0.3 is 15.5 Å². The maximum Gasteiger partial charge on any atom is 0.274 e. The second-order valence-corrected chi connectivity index (χ2v) is 7.05. The van der Waals surface area contributed by atoms with E-state index in [1.165, 1.54) is 31.3 Å². The summed E-state index contributed by atoms with van der Waals surface area (Å²) in [6, 6.07) is 13.5. The summed E-state index contributed by atoms with van der Waals surface area (Å²) in [4.78, 5) is 27.3. The van der Waals surface area contributed by atoms with E-state index in [0.717, 1.165) is 24.3 Å². The van der Waals surface area contributed by atoms with Crippen molar-refractivity contribution in [3.05, 3.63) is 72.4 Å². The average molecular weight is 388 g/mol. The topological polar surface area (TPSA) is 83.0 Å². The molecular formula is C22H24N6O. The van der Waals surface area contributed by atoms with Crippen molar-refractivity contribution in [2.75, 3.05) is 28.6 Å². The first kappa shape index (κ1) is 18.9. The Labute approximate surface area is 170 Å². The molecule has 2 aromatic heterocycles. The molecule has 1 saturated heterocycles. The Morgan fingerprint density at radius 1 is 1.03 bits per heavy atom. The second-order valence-electron chi connectivity index (χ2n) is 7.05. The lowest BCUT2D eigenvalue weighted by atomic mass is 10.1. The number of piperidine rings is 1. The van der Waals surface area contributed by atoms with E-state index in [0.29, 0.717) is 18.1 Å². The van der Waals surface area contributed by atoms with Crippen molar-refractivity contribution in [3.8, 4) is 0 Å². The van der Waals surface area contributed by atoms with Gasteiger partial charge in [0.05, 0.1) is 0 Å². The molecule has 1 aromatic carbocycles. The highest BCUT2D eigenvalue weighted by molar-refractivity contribution is 6.03. The van der Waals surface area contributed by atoms with Crippen LogP contribution >= 0.6 is 0 Å². The van der Waals surface area contributed by atoms with Crippen molar-refractivity contribution in [1.29, 1.82) is 0 Å². The first-order valence-corrected chi connectivity index (χ1v) is 9.89. The van der Waals surface area contributed by atoms with Gasteiger partial charge in [-0.05, 0) is 55.2 Å². The molecule has 0 unspecified atom stereocenters. The van der Waals surface area contributed by atoms with Crippen LogP contribution in [0, 0.1) is 0 Å². The molecule has 0 radical (unpaired) electrons. The molecule has 1 aliphatic heterocycles. The molecule has 0 aliphatic carbocycles. The fraction of sp³-hybridized carbons (Fsp3) is 0.273. The van der Waals surface area contributed by atoms with Crippen LogP contribution in [0.2, 0.25) is 0 Å². The number of pyridine rings is 1. The Hall–Kier alpha value is -3.48. The van der Waals surface area contributed by atoms with Crippen LogP contribution < -0.4 is 15.5 Å². The molecule has 1 aliphatic rings. The van der Waals surface area contributed by atoms with E-state index in [1.807, 2.05) is 24.3 Å². The normalized spacial score (nSPS) is 13.7. The van der Waals surface area contributed by atoms with Gasteiger partial charge in [-0.15, -0.1) is 0 Å². The number of benzene rings is 1. The Morgan fingerprint density at radius 2 is 1.86 bits per heavy atom. The van der Waals surface area contributed by atoms with Crippen molar-refractivity contribution in [2.45, 2.75) is 25.8 Å². The van der Waals surface area contributed by atoms with Crippen LogP contribution in [-0.4, -0.2) is 33.9 Å². The fourth-order valence-corrected chi connectivity index (χ4v) is 3.38. The van der Waals surface area contributed by atoms with Gasteiger partial charge in [0.15, 0.2) is 0 Å². The smallest absolute Gasteiger partial charge is 0.274 e. The first-order chi connectivity index (χ1) is 14.3. The second kappa shape index (κ2) is 9.14. The highest BCUT2D eigenvalue weighted by Crippen LogP contribution is 2.22. The van der Waals surface area contributed by atoms with Gasteiger partial charge in [0.25, 0.3) is 5.91 Å². The lowest BCUT2D eigenvalue weighted by Crippen LogP contribution is -2.29. The Kier molecular flexibility index (Phi) is 5.95. The maximum atomic E-state index is 12.6. The highest BCUT2D eigenvalue weighted by atomic mass is 16.1. The lowest BCUT2D eigenvalue weighted by molar-refractivity contribution is 0.102. The van der Waals surface area contributed by atoms with Gasteiger partial charge in [-0.3, -0.25) is 9.78 Å². The van der Waals surface area contributed by atoms with Crippen molar-refractivity contribution in [3.63, 3.8) is 0 Å². The number of nitrogens with one attached hydrogen (secondary N) is 2. The van der Waals surface area contributed by atoms with E-state index in [4.69, 9.17) is 0 Å². The predicted molar refractivity (Wildman–Crippen MR) is 114 cm³/mol. The summed E-state index contributed by atoms with van der Waals surface area (Å²) in [6.45, 7) is 2.77. The van der Waals surface area contributed by atoms with Crippen LogP contribution in [0.25, 0.3) is 0 Å². The quantitative estimate of drug-likeness (QED) is 0.670. The van der Waals surface area contributed by atoms with Gasteiger partial charge >= 0.3 is 0 Å². The van der Waals surface area contributed by atoms with Gasteiger partial charge in [0.2, 0.25) is 0 Å². The number of aromatic nitrogens is 3. The van der Waals surface area contributed by atoms with Gasteiger partial charge in [0.1, 0.15) is 17.8 Å². The zero-order valence-electron chi connectivity index (χ0n) is 16.2. The molecule has 0 saturated carbocycles. The van der Waals surface area contributed by atoms with Gasteiger partial charge in [-0.2, -0.15) is 0 Å². The number of nitrogens with zero attached hydrogens (tertiary/aromatic N) is 4. The molecular weight excluding hydrogens is 364 g/mol. The highest BCUT2D eigenvalue weighted by Gasteiger charge is 2.12. The van der Waals surface area contributed by atoms with Crippen LogP contribution in [0.5, 0.6) is 0 Å². The van der Waals surface area contributed by atoms with E-state index in [9.17, 15) is 4.79 Å². The lowest BCUT2D eigenvalue weighted by Gasteiger charge is -2.28. The third-order valence-corrected chi connectivity index (χ3v) is 4.94. The van der Waals surface area contributed by atoms with Crippen molar-refractivity contribution in [2.24, 2.45) is 0 Å². The number of amides is 1. The molecule has 7 heteroatoms. The summed E-state index contributed by atoms with van der Waals surface area (Å²) in [5.74, 6) is 0.331. The minimum atomic E-state index is -0.262. The van der Waals surface area contributed by atoms with Crippen LogP contribution in [0.1, 0.15) is 35.3 Å². The van der Waals surface area contributed by atoms with E-state index in [-0.39, 0.29) is 5.91 Å². The summed E-state index contributed by atoms with van der Waals surface area (Å²) in [7, 11) is 0. The number of carbonyl (C=O) groups is 1. The maximum absolute atomic E-state index is 12.6. The SMILES string of the molecule is O=C(Nc1ccc(N2CCCCC2)cc1)c1cc(NCc2cccnc2)ncn1. The predicted octanol–water partition coefficient (Wildman–Crippen LogP) is 3.73. The third kappa shape index (κ3) is 5.07. The first-order valence-electron chi connectivity index (χ1n) is 9.89. The van der Waals surface area contributed by atoms with Gasteiger partial charge in [-0.25, -0.2) is 9.97 Å². The molecule has 0 bridgehead atoms. The molecule has 3 heterocycles. The summed E-state index contributed by atoms with van der Waals surface area (Å²) in [5, 5.41) is 6.09.